The minimum atomic E-state index is -3.94. The van der Waals surface area contributed by atoms with Crippen LogP contribution in [0.2, 0.25) is 0 Å². The summed E-state index contributed by atoms with van der Waals surface area (Å²) in [6.45, 7) is 15.8. The van der Waals surface area contributed by atoms with E-state index in [-0.39, 0.29) is 57.9 Å². The number of hydrogen-bond acceptors (Lipinski definition) is 11. The van der Waals surface area contributed by atoms with Crippen molar-refractivity contribution < 1.29 is 46.6 Å². The number of ether oxygens (including phenoxy) is 3. The van der Waals surface area contributed by atoms with Crippen LogP contribution in [0.15, 0.2) is 67.3 Å². The van der Waals surface area contributed by atoms with Crippen LogP contribution in [0.4, 0.5) is 4.79 Å². The van der Waals surface area contributed by atoms with Gasteiger partial charge in [0.15, 0.2) is 0 Å². The van der Waals surface area contributed by atoms with E-state index in [9.17, 15) is 27.6 Å². The topological polar surface area (TPSA) is 194 Å². The molecule has 2 aliphatic heterocycles. The summed E-state index contributed by atoms with van der Waals surface area (Å²) in [5.74, 6) is -2.59. The molecule has 17 heteroatoms. The van der Waals surface area contributed by atoms with E-state index < -0.39 is 79.6 Å². The Morgan fingerprint density at radius 2 is 1.62 bits per heavy atom. The van der Waals surface area contributed by atoms with Gasteiger partial charge in [-0.15, -0.1) is 6.58 Å². The second-order valence-corrected chi connectivity index (χ2v) is 21.4. The van der Waals surface area contributed by atoms with Gasteiger partial charge in [-0.1, -0.05) is 57.2 Å². The molecule has 0 bridgehead atoms. The Kier molecular flexibility index (Phi) is 12.8. The van der Waals surface area contributed by atoms with Crippen molar-refractivity contribution in [2.24, 2.45) is 17.3 Å². The van der Waals surface area contributed by atoms with Gasteiger partial charge in [-0.2, -0.15) is 0 Å². The zero-order valence-electron chi connectivity index (χ0n) is 37.7. The molecule has 7 rings (SSSR count). The first-order valence-corrected chi connectivity index (χ1v) is 23.4. The highest BCUT2D eigenvalue weighted by atomic mass is 32.2. The van der Waals surface area contributed by atoms with Crippen molar-refractivity contribution >= 4 is 50.6 Å². The van der Waals surface area contributed by atoms with Crippen LogP contribution in [-0.4, -0.2) is 126 Å². The van der Waals surface area contributed by atoms with E-state index in [4.69, 9.17) is 19.2 Å². The Bertz CT molecular complexity index is 2420. The number of methoxy groups -OCH3 is 1. The molecule has 4 fully saturated rings. The average Bonchev–Trinajstić information content (AvgIpc) is 4.18. The molecule has 4 aliphatic rings. The number of likely N-dealkylation sites (tertiary alicyclic amines) is 1. The second-order valence-electron chi connectivity index (χ2n) is 19.4. The molecule has 5 amide bonds. The van der Waals surface area contributed by atoms with Crippen molar-refractivity contribution in [3.63, 3.8) is 0 Å². The van der Waals surface area contributed by atoms with E-state index in [0.717, 1.165) is 5.56 Å². The number of piperazine rings is 1. The number of aromatic nitrogens is 1. The minimum absolute atomic E-state index is 0.0203. The molecule has 2 saturated heterocycles. The number of rotatable bonds is 13. The molecular weight excluding hydrogens is 841 g/mol. The molecule has 2 aromatic carbocycles. The number of hydrogen-bond donors (Lipinski definition) is 2. The van der Waals surface area contributed by atoms with Gasteiger partial charge in [0.05, 0.1) is 36.0 Å². The van der Waals surface area contributed by atoms with Crippen LogP contribution in [-0.2, 0) is 33.9 Å². The summed E-state index contributed by atoms with van der Waals surface area (Å²) in [5.41, 5.74) is -0.922. The predicted molar refractivity (Wildman–Crippen MR) is 239 cm³/mol. The fraction of sp³-hybridized carbons (Fsp3) is 0.532. The van der Waals surface area contributed by atoms with Crippen molar-refractivity contribution in [3.05, 3.63) is 67.3 Å². The van der Waals surface area contributed by atoms with E-state index >= 15 is 4.79 Å². The average molecular weight is 901 g/mol. The first-order valence-electron chi connectivity index (χ1n) is 21.9. The van der Waals surface area contributed by atoms with Crippen LogP contribution >= 0.6 is 0 Å². The van der Waals surface area contributed by atoms with Gasteiger partial charge in [0.25, 0.3) is 5.91 Å². The SMILES string of the molecule is C=CC1CC1(NC(=O)[C@@H]1C[C@@H](Oc2cc(-c3ccccc3)nc3cc(OC)ccc23)CN1C(=O)[C@@H](CC(=O)N1CCN(C(=O)OC(C)(C)C)CC1)C(C)(C)C)C(=O)NS(=O)(=O)C1CC1. The molecule has 2 N–H and O–H groups in total. The number of carbonyl (C=O) groups is 5. The van der Waals surface area contributed by atoms with Crippen molar-refractivity contribution in [1.82, 2.24) is 29.7 Å². The summed E-state index contributed by atoms with van der Waals surface area (Å²) in [4.78, 5) is 79.8. The maximum absolute atomic E-state index is 15.1. The Balaban J connectivity index is 1.17. The third-order valence-electron chi connectivity index (χ3n) is 12.4. The van der Waals surface area contributed by atoms with Crippen LogP contribution < -0.4 is 19.5 Å². The third-order valence-corrected chi connectivity index (χ3v) is 14.3. The van der Waals surface area contributed by atoms with Crippen molar-refractivity contribution in [3.8, 4) is 22.8 Å². The summed E-state index contributed by atoms with van der Waals surface area (Å²) in [7, 11) is -2.37. The predicted octanol–water partition coefficient (Wildman–Crippen LogP) is 5.06. The molecule has 64 heavy (non-hydrogen) atoms. The van der Waals surface area contributed by atoms with Crippen molar-refractivity contribution in [2.45, 2.75) is 102 Å². The van der Waals surface area contributed by atoms with Crippen LogP contribution in [0, 0.1) is 17.3 Å². The molecule has 2 saturated carbocycles. The van der Waals surface area contributed by atoms with Gasteiger partial charge >= 0.3 is 6.09 Å². The van der Waals surface area contributed by atoms with Crippen LogP contribution in [0.5, 0.6) is 11.5 Å². The molecular formula is C47H60N6O10S. The van der Waals surface area contributed by atoms with Crippen molar-refractivity contribution in [1.29, 1.82) is 0 Å². The minimum Gasteiger partial charge on any atom is -0.497 e. The molecule has 2 aliphatic carbocycles. The molecule has 2 unspecified atom stereocenters. The quantitative estimate of drug-likeness (QED) is 0.218. The molecule has 344 valence electrons. The highest BCUT2D eigenvalue weighted by Gasteiger charge is 2.62. The van der Waals surface area contributed by atoms with Crippen LogP contribution in [0.25, 0.3) is 22.2 Å². The number of nitrogens with zero attached hydrogens (tertiary/aromatic N) is 4. The number of amides is 5. The molecule has 0 spiro atoms. The summed E-state index contributed by atoms with van der Waals surface area (Å²) in [5, 5.41) is 2.87. The van der Waals surface area contributed by atoms with E-state index in [1.54, 1.807) is 49.8 Å². The molecule has 0 radical (unpaired) electrons. The number of sulfonamides is 1. The fourth-order valence-electron chi connectivity index (χ4n) is 8.46. The lowest BCUT2D eigenvalue weighted by Crippen LogP contribution is -2.57. The highest BCUT2D eigenvalue weighted by Crippen LogP contribution is 2.46. The number of carbonyl (C=O) groups excluding carboxylic acids is 5. The largest absolute Gasteiger partial charge is 0.497 e. The normalized spacial score (nSPS) is 22.9. The van der Waals surface area contributed by atoms with Crippen LogP contribution in [0.3, 0.4) is 0 Å². The first-order chi connectivity index (χ1) is 30.1. The van der Waals surface area contributed by atoms with Gasteiger partial charge in [0.2, 0.25) is 27.7 Å². The number of pyridine rings is 1. The number of fused-ring (bicyclic) bond motifs is 1. The van der Waals surface area contributed by atoms with Crippen molar-refractivity contribution in [2.75, 3.05) is 39.8 Å². The van der Waals surface area contributed by atoms with Gasteiger partial charge in [-0.25, -0.2) is 18.2 Å². The van der Waals surface area contributed by atoms with Gasteiger partial charge in [-0.3, -0.25) is 23.9 Å². The maximum atomic E-state index is 15.1. The van der Waals surface area contributed by atoms with Gasteiger partial charge in [0.1, 0.15) is 34.8 Å². The lowest BCUT2D eigenvalue weighted by atomic mass is 9.77. The Morgan fingerprint density at radius 3 is 2.22 bits per heavy atom. The standard InChI is InChI=1S/C47H60N6O10S/c1-9-30-27-47(30,43(57)50-64(59,60)33-16-17-33)49-41(55)38-24-32(62-39-26-36(29-13-11-10-12-14-29)48-37-23-31(61-8)15-18-34(37)39)28-53(38)42(56)35(45(2,3)4)25-40(54)51-19-21-52(22-20-51)44(58)63-46(5,6)7/h9-15,18,23,26,30,32-33,35,38H,1,16-17,19-22,24-25,27-28H2,2-8H3,(H,49,55)(H,50,57)/t30?,32-,35-,38+,47?/m1/s1. The molecule has 16 nitrogen and oxygen atoms in total. The number of benzene rings is 2. The summed E-state index contributed by atoms with van der Waals surface area (Å²) >= 11 is 0. The Hall–Kier alpha value is -5.71. The summed E-state index contributed by atoms with van der Waals surface area (Å²) < 4.78 is 45.7. The summed E-state index contributed by atoms with van der Waals surface area (Å²) in [6.07, 6.45) is 1.20. The smallest absolute Gasteiger partial charge is 0.410 e. The Labute approximate surface area is 375 Å². The van der Waals surface area contributed by atoms with E-state index in [1.165, 1.54) is 11.0 Å². The fourth-order valence-corrected chi connectivity index (χ4v) is 9.83. The third kappa shape index (κ3) is 10.1. The second kappa shape index (κ2) is 17.7. The molecule has 1 aromatic heterocycles. The van der Waals surface area contributed by atoms with Gasteiger partial charge in [-0.05, 0) is 57.6 Å². The van der Waals surface area contributed by atoms with E-state index in [1.807, 2.05) is 63.2 Å². The highest BCUT2D eigenvalue weighted by molar-refractivity contribution is 7.91. The molecule has 3 aromatic rings. The van der Waals surface area contributed by atoms with E-state index in [2.05, 4.69) is 16.6 Å². The lowest BCUT2D eigenvalue weighted by Gasteiger charge is -2.38. The zero-order valence-corrected chi connectivity index (χ0v) is 38.5. The molecule has 5 atom stereocenters. The zero-order chi connectivity index (χ0) is 46.4. The van der Waals surface area contributed by atoms with E-state index in [0.29, 0.717) is 40.9 Å². The monoisotopic (exact) mass is 900 g/mol. The van der Waals surface area contributed by atoms with Gasteiger partial charge in [0, 0.05) is 68.0 Å². The van der Waals surface area contributed by atoms with Gasteiger partial charge < -0.3 is 34.2 Å². The Morgan fingerprint density at radius 1 is 0.953 bits per heavy atom. The maximum Gasteiger partial charge on any atom is 0.410 e. The summed E-state index contributed by atoms with van der Waals surface area (Å²) in [6, 6.07) is 15.7. The molecule has 3 heterocycles. The lowest BCUT2D eigenvalue weighted by molar-refractivity contribution is -0.149. The van der Waals surface area contributed by atoms with Crippen LogP contribution in [0.1, 0.15) is 73.6 Å². The first kappa shape index (κ1) is 46.3. The number of nitrogens with one attached hydrogen (secondary N) is 2.